The molecule has 1 saturated heterocycles. The van der Waals surface area contributed by atoms with Gasteiger partial charge in [0.1, 0.15) is 6.10 Å². The Morgan fingerprint density at radius 1 is 1.47 bits per heavy atom. The monoisotopic (exact) mass is 253 g/mol. The summed E-state index contributed by atoms with van der Waals surface area (Å²) in [7, 11) is 1.68. The third-order valence-electron chi connectivity index (χ3n) is 2.87. The van der Waals surface area contributed by atoms with Crippen LogP contribution in [0.1, 0.15) is 12.0 Å². The van der Waals surface area contributed by atoms with E-state index in [0.29, 0.717) is 12.6 Å². The summed E-state index contributed by atoms with van der Waals surface area (Å²) in [6, 6.07) is 5.99. The van der Waals surface area contributed by atoms with E-state index < -0.39 is 0 Å². The maximum atomic E-state index is 6.08. The Kier molecular flexibility index (Phi) is 4.57. The van der Waals surface area contributed by atoms with Crippen LogP contribution < -0.4 is 15.2 Å². The predicted molar refractivity (Wildman–Crippen MR) is 72.1 cm³/mol. The molecule has 2 rings (SSSR count). The van der Waals surface area contributed by atoms with Crippen LogP contribution in [0.25, 0.3) is 0 Å². The lowest BCUT2D eigenvalue weighted by Gasteiger charge is -2.18. The van der Waals surface area contributed by atoms with E-state index in [-0.39, 0.29) is 0 Å². The number of ether oxygens (including phenoxy) is 2. The van der Waals surface area contributed by atoms with Crippen molar-refractivity contribution in [3.05, 3.63) is 23.8 Å². The van der Waals surface area contributed by atoms with E-state index in [0.717, 1.165) is 35.7 Å². The van der Waals surface area contributed by atoms with Crippen LogP contribution in [0.15, 0.2) is 18.2 Å². The van der Waals surface area contributed by atoms with Gasteiger partial charge in [0.05, 0.1) is 7.11 Å². The largest absolute Gasteiger partial charge is 0.493 e. The van der Waals surface area contributed by atoms with Crippen LogP contribution in [0, 0.1) is 0 Å². The summed E-state index contributed by atoms with van der Waals surface area (Å²) in [4.78, 5) is 0. The Bertz CT molecular complexity index is 364. The van der Waals surface area contributed by atoms with Crippen LogP contribution in [0.4, 0.5) is 0 Å². The third-order valence-corrected chi connectivity index (χ3v) is 4.00. The number of benzene rings is 1. The molecule has 3 nitrogen and oxygen atoms in total. The predicted octanol–water partition coefficient (Wildman–Crippen LogP) is 2.08. The zero-order valence-electron chi connectivity index (χ0n) is 10.1. The summed E-state index contributed by atoms with van der Waals surface area (Å²) in [6.45, 7) is 0.628. The second-order valence-electron chi connectivity index (χ2n) is 4.09. The van der Waals surface area contributed by atoms with Crippen molar-refractivity contribution < 1.29 is 9.47 Å². The minimum Gasteiger partial charge on any atom is -0.493 e. The Morgan fingerprint density at radius 2 is 2.35 bits per heavy atom. The number of hydrogen-bond donors (Lipinski definition) is 1. The fourth-order valence-corrected chi connectivity index (χ4v) is 3.07. The first-order valence-corrected chi connectivity index (χ1v) is 7.11. The quantitative estimate of drug-likeness (QED) is 0.872. The highest BCUT2D eigenvalue weighted by atomic mass is 32.2. The standard InChI is InChI=1S/C13H19NO2S/c1-15-12-4-2-3-10(5-7-14)13(12)16-11-6-8-17-9-11/h2-4,11H,5-9,14H2,1H3. The van der Waals surface area contributed by atoms with Crippen LogP contribution in [0.3, 0.4) is 0 Å². The summed E-state index contributed by atoms with van der Waals surface area (Å²) >= 11 is 1.94. The van der Waals surface area contributed by atoms with Crippen molar-refractivity contribution in [2.24, 2.45) is 5.73 Å². The lowest BCUT2D eigenvalue weighted by molar-refractivity contribution is 0.216. The van der Waals surface area contributed by atoms with Crippen molar-refractivity contribution in [1.29, 1.82) is 0 Å². The van der Waals surface area contributed by atoms with Gasteiger partial charge in [0.15, 0.2) is 11.5 Å². The van der Waals surface area contributed by atoms with Crippen molar-refractivity contribution in [2.75, 3.05) is 25.2 Å². The average Bonchev–Trinajstić information content (AvgIpc) is 2.84. The number of rotatable bonds is 5. The van der Waals surface area contributed by atoms with E-state index in [9.17, 15) is 0 Å². The highest BCUT2D eigenvalue weighted by molar-refractivity contribution is 7.99. The first-order valence-electron chi connectivity index (χ1n) is 5.95. The third kappa shape index (κ3) is 3.07. The molecule has 1 heterocycles. The SMILES string of the molecule is COc1cccc(CCN)c1OC1CCSC1. The second-order valence-corrected chi connectivity index (χ2v) is 5.24. The summed E-state index contributed by atoms with van der Waals surface area (Å²) in [5.41, 5.74) is 6.77. The van der Waals surface area contributed by atoms with Gasteiger partial charge in [-0.3, -0.25) is 0 Å². The Balaban J connectivity index is 2.20. The fraction of sp³-hybridized carbons (Fsp3) is 0.538. The first kappa shape index (κ1) is 12.6. The maximum absolute atomic E-state index is 6.08. The summed E-state index contributed by atoms with van der Waals surface area (Å²) < 4.78 is 11.4. The topological polar surface area (TPSA) is 44.5 Å². The minimum absolute atomic E-state index is 0.313. The number of thioether (sulfide) groups is 1. The number of methoxy groups -OCH3 is 1. The van der Waals surface area contributed by atoms with Gasteiger partial charge in [-0.25, -0.2) is 0 Å². The molecule has 94 valence electrons. The Labute approximate surface area is 107 Å². The molecule has 0 amide bonds. The molecule has 1 unspecified atom stereocenters. The van der Waals surface area contributed by atoms with Gasteiger partial charge in [0.25, 0.3) is 0 Å². The highest BCUT2D eigenvalue weighted by Crippen LogP contribution is 2.34. The van der Waals surface area contributed by atoms with Gasteiger partial charge in [0, 0.05) is 5.75 Å². The first-order chi connectivity index (χ1) is 8.35. The van der Waals surface area contributed by atoms with Crippen LogP contribution in [0.5, 0.6) is 11.5 Å². The van der Waals surface area contributed by atoms with Crippen molar-refractivity contribution in [3.63, 3.8) is 0 Å². The highest BCUT2D eigenvalue weighted by Gasteiger charge is 2.20. The molecule has 2 N–H and O–H groups in total. The number of para-hydroxylation sites is 1. The van der Waals surface area contributed by atoms with E-state index >= 15 is 0 Å². The normalized spacial score (nSPS) is 19.3. The van der Waals surface area contributed by atoms with Crippen LogP contribution >= 0.6 is 11.8 Å². The zero-order valence-corrected chi connectivity index (χ0v) is 11.0. The summed E-state index contributed by atoms with van der Waals surface area (Å²) in [5.74, 6) is 3.95. The molecule has 17 heavy (non-hydrogen) atoms. The summed E-state index contributed by atoms with van der Waals surface area (Å²) in [5, 5.41) is 0. The summed E-state index contributed by atoms with van der Waals surface area (Å²) in [6.07, 6.45) is 2.25. The molecule has 1 aliphatic rings. The van der Waals surface area contributed by atoms with Gasteiger partial charge in [0.2, 0.25) is 0 Å². The van der Waals surface area contributed by atoms with E-state index in [1.807, 2.05) is 23.9 Å². The molecule has 0 aromatic heterocycles. The smallest absolute Gasteiger partial charge is 0.164 e. The van der Waals surface area contributed by atoms with Crippen LogP contribution in [-0.2, 0) is 6.42 Å². The number of nitrogens with two attached hydrogens (primary N) is 1. The maximum Gasteiger partial charge on any atom is 0.164 e. The molecule has 0 radical (unpaired) electrons. The van der Waals surface area contributed by atoms with E-state index in [1.54, 1.807) is 7.11 Å². The lowest BCUT2D eigenvalue weighted by Crippen LogP contribution is -2.17. The molecule has 0 bridgehead atoms. The molecular formula is C13H19NO2S. The number of hydrogen-bond acceptors (Lipinski definition) is 4. The molecule has 1 aromatic rings. The second kappa shape index (κ2) is 6.17. The fourth-order valence-electron chi connectivity index (χ4n) is 1.98. The van der Waals surface area contributed by atoms with E-state index in [2.05, 4.69) is 6.07 Å². The van der Waals surface area contributed by atoms with E-state index in [1.165, 1.54) is 5.75 Å². The van der Waals surface area contributed by atoms with Gasteiger partial charge in [-0.1, -0.05) is 12.1 Å². The molecule has 1 fully saturated rings. The van der Waals surface area contributed by atoms with Gasteiger partial charge in [-0.2, -0.15) is 11.8 Å². The van der Waals surface area contributed by atoms with E-state index in [4.69, 9.17) is 15.2 Å². The van der Waals surface area contributed by atoms with Crippen LogP contribution in [-0.4, -0.2) is 31.3 Å². The Hall–Kier alpha value is -0.870. The lowest BCUT2D eigenvalue weighted by atomic mass is 10.1. The average molecular weight is 253 g/mol. The van der Waals surface area contributed by atoms with Crippen molar-refractivity contribution >= 4 is 11.8 Å². The molecule has 1 aliphatic heterocycles. The molecular weight excluding hydrogens is 234 g/mol. The molecule has 0 spiro atoms. The van der Waals surface area contributed by atoms with Gasteiger partial charge in [-0.15, -0.1) is 0 Å². The molecule has 1 atom stereocenters. The van der Waals surface area contributed by atoms with Crippen molar-refractivity contribution in [3.8, 4) is 11.5 Å². The van der Waals surface area contributed by atoms with Gasteiger partial charge < -0.3 is 15.2 Å². The van der Waals surface area contributed by atoms with Crippen molar-refractivity contribution in [1.82, 2.24) is 0 Å². The Morgan fingerprint density at radius 3 is 3.00 bits per heavy atom. The van der Waals surface area contributed by atoms with Gasteiger partial charge in [-0.05, 0) is 36.8 Å². The zero-order chi connectivity index (χ0) is 12.1. The minimum atomic E-state index is 0.313. The van der Waals surface area contributed by atoms with Gasteiger partial charge >= 0.3 is 0 Å². The molecule has 4 heteroatoms. The van der Waals surface area contributed by atoms with Crippen molar-refractivity contribution in [2.45, 2.75) is 18.9 Å². The molecule has 0 aliphatic carbocycles. The van der Waals surface area contributed by atoms with Crippen LogP contribution in [0.2, 0.25) is 0 Å². The molecule has 0 saturated carbocycles. The molecule has 1 aromatic carbocycles.